The van der Waals surface area contributed by atoms with E-state index in [1.165, 1.54) is 0 Å². The second-order valence-corrected chi connectivity index (χ2v) is 3.91. The zero-order valence-electron chi connectivity index (χ0n) is 10.5. The Morgan fingerprint density at radius 2 is 1.89 bits per heavy atom. The van der Waals surface area contributed by atoms with Crippen molar-refractivity contribution in [3.63, 3.8) is 0 Å². The molecule has 0 bridgehead atoms. The molecule has 4 heteroatoms. The molecule has 94 valence electrons. The number of rotatable bonds is 4. The molecule has 0 aliphatic rings. The first-order valence-corrected chi connectivity index (χ1v) is 5.71. The van der Waals surface area contributed by atoms with Gasteiger partial charge in [0.2, 0.25) is 5.88 Å². The van der Waals surface area contributed by atoms with E-state index in [1.807, 2.05) is 43.3 Å². The molecule has 0 aliphatic carbocycles. The van der Waals surface area contributed by atoms with E-state index in [9.17, 15) is 0 Å². The number of aromatic nitrogens is 1. The number of nitrogens with zero attached hydrogens (tertiary/aromatic N) is 1. The van der Waals surface area contributed by atoms with Gasteiger partial charge >= 0.3 is 0 Å². The van der Waals surface area contributed by atoms with Crippen molar-refractivity contribution < 1.29 is 9.47 Å². The van der Waals surface area contributed by atoms with E-state index in [0.717, 1.165) is 11.3 Å². The lowest BCUT2D eigenvalue weighted by atomic mass is 10.2. The minimum absolute atomic E-state index is 0.464. The maximum absolute atomic E-state index is 5.73. The van der Waals surface area contributed by atoms with Gasteiger partial charge in [0.05, 0.1) is 7.11 Å². The zero-order chi connectivity index (χ0) is 13.0. The van der Waals surface area contributed by atoms with Crippen molar-refractivity contribution in [3.05, 3.63) is 47.7 Å². The molecule has 1 heterocycles. The van der Waals surface area contributed by atoms with Crippen molar-refractivity contribution >= 4 is 0 Å². The lowest BCUT2D eigenvalue weighted by Gasteiger charge is -2.10. The van der Waals surface area contributed by atoms with Crippen LogP contribution in [0.25, 0.3) is 0 Å². The molecular weight excluding hydrogens is 228 g/mol. The predicted molar refractivity (Wildman–Crippen MR) is 69.9 cm³/mol. The van der Waals surface area contributed by atoms with E-state index in [2.05, 4.69) is 4.98 Å². The van der Waals surface area contributed by atoms with Crippen LogP contribution in [0.3, 0.4) is 0 Å². The smallest absolute Gasteiger partial charge is 0.219 e. The molecule has 0 amide bonds. The third-order valence-corrected chi connectivity index (χ3v) is 2.51. The van der Waals surface area contributed by atoms with Crippen molar-refractivity contribution in [2.45, 2.75) is 13.5 Å². The standard InChI is InChI=1S/C14H16N2O2/c1-10-7-11(9-15)8-14(16-10)18-13-6-4-3-5-12(13)17-2/h3-8H,9,15H2,1-2H3. The maximum Gasteiger partial charge on any atom is 0.219 e. The summed E-state index contributed by atoms with van der Waals surface area (Å²) in [5.41, 5.74) is 7.50. The van der Waals surface area contributed by atoms with Gasteiger partial charge in [0.15, 0.2) is 11.5 Å². The SMILES string of the molecule is COc1ccccc1Oc1cc(CN)cc(C)n1. The summed E-state index contributed by atoms with van der Waals surface area (Å²) >= 11 is 0. The van der Waals surface area contributed by atoms with Crippen molar-refractivity contribution in [2.75, 3.05) is 7.11 Å². The van der Waals surface area contributed by atoms with Crippen LogP contribution in [0.15, 0.2) is 36.4 Å². The number of pyridine rings is 1. The van der Waals surface area contributed by atoms with Gasteiger partial charge in [-0.25, -0.2) is 4.98 Å². The van der Waals surface area contributed by atoms with Gasteiger partial charge < -0.3 is 15.2 Å². The highest BCUT2D eigenvalue weighted by Gasteiger charge is 2.06. The summed E-state index contributed by atoms with van der Waals surface area (Å²) in [6, 6.07) is 11.2. The number of para-hydroxylation sites is 2. The third-order valence-electron chi connectivity index (χ3n) is 2.51. The fraction of sp³-hybridized carbons (Fsp3) is 0.214. The second kappa shape index (κ2) is 5.51. The van der Waals surface area contributed by atoms with Gasteiger partial charge in [-0.2, -0.15) is 0 Å². The van der Waals surface area contributed by atoms with Crippen LogP contribution in [-0.2, 0) is 6.54 Å². The van der Waals surface area contributed by atoms with Crippen molar-refractivity contribution in [2.24, 2.45) is 5.73 Å². The monoisotopic (exact) mass is 244 g/mol. The van der Waals surface area contributed by atoms with Gasteiger partial charge in [-0.1, -0.05) is 12.1 Å². The van der Waals surface area contributed by atoms with Gasteiger partial charge in [-0.05, 0) is 30.7 Å². The fourth-order valence-corrected chi connectivity index (χ4v) is 1.69. The molecular formula is C14H16N2O2. The lowest BCUT2D eigenvalue weighted by Crippen LogP contribution is -1.99. The highest BCUT2D eigenvalue weighted by molar-refractivity contribution is 5.42. The van der Waals surface area contributed by atoms with E-state index in [4.69, 9.17) is 15.2 Å². The molecule has 18 heavy (non-hydrogen) atoms. The first-order valence-electron chi connectivity index (χ1n) is 5.71. The average molecular weight is 244 g/mol. The van der Waals surface area contributed by atoms with Crippen molar-refractivity contribution in [1.29, 1.82) is 0 Å². The number of nitrogens with two attached hydrogens (primary N) is 1. The Labute approximate surface area is 106 Å². The summed E-state index contributed by atoms with van der Waals surface area (Å²) < 4.78 is 11.0. The van der Waals surface area contributed by atoms with Crippen LogP contribution in [0.1, 0.15) is 11.3 Å². The molecule has 2 aromatic rings. The first kappa shape index (κ1) is 12.4. The average Bonchev–Trinajstić information content (AvgIpc) is 2.38. The maximum atomic E-state index is 5.73. The molecule has 0 saturated carbocycles. The van der Waals surface area contributed by atoms with E-state index >= 15 is 0 Å². The van der Waals surface area contributed by atoms with Crippen LogP contribution < -0.4 is 15.2 Å². The molecule has 0 atom stereocenters. The lowest BCUT2D eigenvalue weighted by molar-refractivity contribution is 0.373. The molecule has 0 spiro atoms. The molecule has 2 rings (SSSR count). The highest BCUT2D eigenvalue weighted by atomic mass is 16.5. The molecule has 0 saturated heterocycles. The predicted octanol–water partition coefficient (Wildman–Crippen LogP) is 2.65. The van der Waals surface area contributed by atoms with Crippen LogP contribution in [0.5, 0.6) is 17.4 Å². The largest absolute Gasteiger partial charge is 0.493 e. The Bertz CT molecular complexity index is 541. The Balaban J connectivity index is 2.30. The molecule has 4 nitrogen and oxygen atoms in total. The van der Waals surface area contributed by atoms with Gasteiger partial charge in [0.25, 0.3) is 0 Å². The minimum atomic E-state index is 0.464. The van der Waals surface area contributed by atoms with Crippen molar-refractivity contribution in [3.8, 4) is 17.4 Å². The number of hydrogen-bond acceptors (Lipinski definition) is 4. The zero-order valence-corrected chi connectivity index (χ0v) is 10.5. The van der Waals surface area contributed by atoms with Crippen LogP contribution in [0.2, 0.25) is 0 Å². The Morgan fingerprint density at radius 1 is 1.17 bits per heavy atom. The quantitative estimate of drug-likeness (QED) is 0.898. The number of aryl methyl sites for hydroxylation is 1. The Kier molecular flexibility index (Phi) is 3.79. The number of hydrogen-bond donors (Lipinski definition) is 1. The van der Waals surface area contributed by atoms with Gasteiger partial charge in [0, 0.05) is 18.3 Å². The summed E-state index contributed by atoms with van der Waals surface area (Å²) in [7, 11) is 1.61. The van der Waals surface area contributed by atoms with Crippen LogP contribution in [0, 0.1) is 6.92 Å². The molecule has 1 aromatic carbocycles. The molecule has 0 unspecified atom stereocenters. The van der Waals surface area contributed by atoms with Crippen LogP contribution >= 0.6 is 0 Å². The van der Waals surface area contributed by atoms with E-state index in [1.54, 1.807) is 7.11 Å². The fourth-order valence-electron chi connectivity index (χ4n) is 1.69. The molecule has 1 aromatic heterocycles. The van der Waals surface area contributed by atoms with E-state index < -0.39 is 0 Å². The molecule has 0 fully saturated rings. The summed E-state index contributed by atoms with van der Waals surface area (Å²) in [6.45, 7) is 2.37. The van der Waals surface area contributed by atoms with Gasteiger partial charge in [-0.15, -0.1) is 0 Å². The van der Waals surface area contributed by atoms with Gasteiger partial charge in [0.1, 0.15) is 0 Å². The second-order valence-electron chi connectivity index (χ2n) is 3.91. The highest BCUT2D eigenvalue weighted by Crippen LogP contribution is 2.30. The van der Waals surface area contributed by atoms with E-state index in [-0.39, 0.29) is 0 Å². The molecule has 2 N–H and O–H groups in total. The summed E-state index contributed by atoms with van der Waals surface area (Å²) in [5.74, 6) is 1.84. The normalized spacial score (nSPS) is 10.2. The first-order chi connectivity index (χ1) is 8.72. The number of benzene rings is 1. The summed E-state index contributed by atoms with van der Waals surface area (Å²) in [5, 5.41) is 0. The van der Waals surface area contributed by atoms with Crippen LogP contribution in [-0.4, -0.2) is 12.1 Å². The van der Waals surface area contributed by atoms with E-state index in [0.29, 0.717) is 23.9 Å². The summed E-state index contributed by atoms with van der Waals surface area (Å²) in [4.78, 5) is 4.32. The molecule has 0 radical (unpaired) electrons. The Hall–Kier alpha value is -2.07. The summed E-state index contributed by atoms with van der Waals surface area (Å²) in [6.07, 6.45) is 0. The molecule has 0 aliphatic heterocycles. The topological polar surface area (TPSA) is 57.4 Å². The third kappa shape index (κ3) is 2.78. The van der Waals surface area contributed by atoms with Crippen molar-refractivity contribution in [1.82, 2.24) is 4.98 Å². The number of ether oxygens (including phenoxy) is 2. The number of methoxy groups -OCH3 is 1. The van der Waals surface area contributed by atoms with Gasteiger partial charge in [-0.3, -0.25) is 0 Å². The minimum Gasteiger partial charge on any atom is -0.493 e. The Morgan fingerprint density at radius 3 is 2.56 bits per heavy atom. The van der Waals surface area contributed by atoms with Crippen LogP contribution in [0.4, 0.5) is 0 Å².